The van der Waals surface area contributed by atoms with Crippen molar-refractivity contribution >= 4 is 17.6 Å². The highest BCUT2D eigenvalue weighted by molar-refractivity contribution is 5.91. The average molecular weight is 427 g/mol. The van der Waals surface area contributed by atoms with Crippen LogP contribution in [-0.2, 0) is 9.59 Å². The predicted octanol–water partition coefficient (Wildman–Crippen LogP) is 2.64. The van der Waals surface area contributed by atoms with Crippen molar-refractivity contribution in [3.8, 4) is 11.5 Å². The van der Waals surface area contributed by atoms with E-state index in [1.807, 2.05) is 42.2 Å². The summed E-state index contributed by atoms with van der Waals surface area (Å²) < 4.78 is 10.8. The summed E-state index contributed by atoms with van der Waals surface area (Å²) in [5.41, 5.74) is 1.80. The molecule has 1 aliphatic rings. The maximum atomic E-state index is 13.0. The van der Waals surface area contributed by atoms with E-state index in [1.54, 1.807) is 32.2 Å². The van der Waals surface area contributed by atoms with E-state index < -0.39 is 0 Å². The monoisotopic (exact) mass is 426 g/mol. The molecule has 1 N–H and O–H groups in total. The molecule has 1 saturated heterocycles. The van der Waals surface area contributed by atoms with Gasteiger partial charge in [0.15, 0.2) is 0 Å². The number of rotatable bonds is 8. The van der Waals surface area contributed by atoms with Crippen molar-refractivity contribution < 1.29 is 19.1 Å². The quantitative estimate of drug-likeness (QED) is 0.699. The van der Waals surface area contributed by atoms with E-state index in [0.29, 0.717) is 23.9 Å². The van der Waals surface area contributed by atoms with E-state index in [1.165, 1.54) is 0 Å². The molecule has 1 aliphatic heterocycles. The highest BCUT2D eigenvalue weighted by Crippen LogP contribution is 2.38. The lowest BCUT2D eigenvalue weighted by Crippen LogP contribution is -2.41. The molecule has 0 aliphatic carbocycles. The second-order valence-corrected chi connectivity index (χ2v) is 7.74. The molecule has 2 heterocycles. The van der Waals surface area contributed by atoms with Crippen molar-refractivity contribution in [3.63, 3.8) is 0 Å². The lowest BCUT2D eigenvalue weighted by Gasteiger charge is -2.28. The van der Waals surface area contributed by atoms with Crippen molar-refractivity contribution in [1.29, 1.82) is 0 Å². The van der Waals surface area contributed by atoms with E-state index in [4.69, 9.17) is 9.47 Å². The number of amides is 2. The fourth-order valence-electron chi connectivity index (χ4n) is 3.90. The van der Waals surface area contributed by atoms with Crippen LogP contribution in [0.3, 0.4) is 0 Å². The summed E-state index contributed by atoms with van der Waals surface area (Å²) in [6, 6.07) is 11.1. The van der Waals surface area contributed by atoms with Crippen LogP contribution < -0.4 is 14.8 Å². The first-order chi connectivity index (χ1) is 14.9. The Morgan fingerprint density at radius 3 is 2.71 bits per heavy atom. The minimum atomic E-state index is -0.205. The molecule has 2 amide bonds. The summed E-state index contributed by atoms with van der Waals surface area (Å²) >= 11 is 0. The van der Waals surface area contributed by atoms with Crippen LogP contribution in [-0.4, -0.2) is 67.5 Å². The first kappa shape index (κ1) is 22.6. The number of ether oxygens (including phenoxy) is 2. The number of aromatic nitrogens is 1. The molecule has 166 valence electrons. The maximum Gasteiger partial charge on any atom is 0.239 e. The second kappa shape index (κ2) is 10.3. The number of pyridine rings is 1. The molecule has 1 unspecified atom stereocenters. The topological polar surface area (TPSA) is 84.0 Å². The van der Waals surface area contributed by atoms with Crippen LogP contribution in [0.1, 0.15) is 30.1 Å². The zero-order valence-electron chi connectivity index (χ0n) is 18.6. The van der Waals surface area contributed by atoms with Gasteiger partial charge < -0.3 is 19.7 Å². The number of carbonyl (C=O) groups is 2. The minimum absolute atomic E-state index is 0.00986. The lowest BCUT2D eigenvalue weighted by atomic mass is 10.0. The summed E-state index contributed by atoms with van der Waals surface area (Å²) in [5.74, 6) is 1.72. The number of methoxy groups -OCH3 is 2. The van der Waals surface area contributed by atoms with Crippen LogP contribution >= 0.6 is 0 Å². The molecule has 8 heteroatoms. The van der Waals surface area contributed by atoms with Crippen LogP contribution in [0.2, 0.25) is 0 Å². The van der Waals surface area contributed by atoms with Crippen LogP contribution in [0.15, 0.2) is 36.4 Å². The number of aryl methyl sites for hydroxylation is 1. The fourth-order valence-corrected chi connectivity index (χ4v) is 3.90. The third-order valence-electron chi connectivity index (χ3n) is 5.35. The first-order valence-corrected chi connectivity index (χ1v) is 10.3. The normalized spacial score (nSPS) is 15.8. The zero-order valence-corrected chi connectivity index (χ0v) is 18.6. The van der Waals surface area contributed by atoms with Crippen molar-refractivity contribution in [3.05, 3.63) is 47.7 Å². The van der Waals surface area contributed by atoms with E-state index >= 15 is 0 Å². The number of anilines is 1. The molecule has 31 heavy (non-hydrogen) atoms. The molecule has 3 rings (SSSR count). The standard InChI is InChI=1S/C23H30N4O4/c1-16-7-5-9-21(24-16)25-22(28)14-26(2)15-23(29)27-12-6-8-19(27)18-11-10-17(30-3)13-20(18)31-4/h5,7,9-11,13,19H,6,8,12,14-15H2,1-4H3,(H,24,25,28). The van der Waals surface area contributed by atoms with Gasteiger partial charge >= 0.3 is 0 Å². The van der Waals surface area contributed by atoms with Crippen LogP contribution in [0.5, 0.6) is 11.5 Å². The van der Waals surface area contributed by atoms with Crippen molar-refractivity contribution in [2.75, 3.05) is 46.2 Å². The Hall–Kier alpha value is -3.13. The number of hydrogen-bond acceptors (Lipinski definition) is 6. The number of carbonyl (C=O) groups excluding carboxylic acids is 2. The molecule has 1 aromatic carbocycles. The number of nitrogens with zero attached hydrogens (tertiary/aromatic N) is 3. The van der Waals surface area contributed by atoms with Crippen molar-refractivity contribution in [2.45, 2.75) is 25.8 Å². The number of hydrogen-bond donors (Lipinski definition) is 1. The molecule has 1 fully saturated rings. The number of likely N-dealkylation sites (N-methyl/N-ethyl adjacent to an activating group) is 1. The van der Waals surface area contributed by atoms with Gasteiger partial charge in [0, 0.05) is 23.9 Å². The molecular weight excluding hydrogens is 396 g/mol. The van der Waals surface area contributed by atoms with Crippen molar-refractivity contribution in [1.82, 2.24) is 14.8 Å². The Kier molecular flexibility index (Phi) is 7.46. The maximum absolute atomic E-state index is 13.0. The van der Waals surface area contributed by atoms with E-state index in [0.717, 1.165) is 24.1 Å². The van der Waals surface area contributed by atoms with Crippen LogP contribution in [0.4, 0.5) is 5.82 Å². The number of benzene rings is 1. The predicted molar refractivity (Wildman–Crippen MR) is 118 cm³/mol. The minimum Gasteiger partial charge on any atom is -0.497 e. The molecule has 1 atom stereocenters. The third kappa shape index (κ3) is 5.73. The van der Waals surface area contributed by atoms with Gasteiger partial charge in [-0.25, -0.2) is 4.98 Å². The zero-order chi connectivity index (χ0) is 22.4. The summed E-state index contributed by atoms with van der Waals surface area (Å²) in [6.07, 6.45) is 1.80. The first-order valence-electron chi connectivity index (χ1n) is 10.3. The largest absolute Gasteiger partial charge is 0.497 e. The number of likely N-dealkylation sites (tertiary alicyclic amines) is 1. The molecule has 0 radical (unpaired) electrons. The van der Waals surface area contributed by atoms with Crippen LogP contribution in [0.25, 0.3) is 0 Å². The van der Waals surface area contributed by atoms with Gasteiger partial charge in [0.1, 0.15) is 17.3 Å². The summed E-state index contributed by atoms with van der Waals surface area (Å²) in [7, 11) is 5.00. The van der Waals surface area contributed by atoms with E-state index in [-0.39, 0.29) is 30.9 Å². The van der Waals surface area contributed by atoms with Gasteiger partial charge in [-0.15, -0.1) is 0 Å². The fraction of sp³-hybridized carbons (Fsp3) is 0.435. The highest BCUT2D eigenvalue weighted by Gasteiger charge is 2.32. The molecular formula is C23H30N4O4. The summed E-state index contributed by atoms with van der Waals surface area (Å²) in [6.45, 7) is 2.81. The summed E-state index contributed by atoms with van der Waals surface area (Å²) in [4.78, 5) is 33.2. The second-order valence-electron chi connectivity index (χ2n) is 7.74. The highest BCUT2D eigenvalue weighted by atomic mass is 16.5. The van der Waals surface area contributed by atoms with Gasteiger partial charge in [-0.1, -0.05) is 6.07 Å². The van der Waals surface area contributed by atoms with E-state index in [2.05, 4.69) is 10.3 Å². The van der Waals surface area contributed by atoms with Gasteiger partial charge in [-0.05, 0) is 51.1 Å². The summed E-state index contributed by atoms with van der Waals surface area (Å²) in [5, 5.41) is 2.77. The van der Waals surface area contributed by atoms with E-state index in [9.17, 15) is 9.59 Å². The Bertz CT molecular complexity index is 934. The van der Waals surface area contributed by atoms with Gasteiger partial charge in [0.2, 0.25) is 11.8 Å². The molecule has 0 saturated carbocycles. The molecule has 2 aromatic rings. The third-order valence-corrected chi connectivity index (χ3v) is 5.35. The Balaban J connectivity index is 1.60. The van der Waals surface area contributed by atoms with Crippen molar-refractivity contribution in [2.24, 2.45) is 0 Å². The van der Waals surface area contributed by atoms with Gasteiger partial charge in [-0.3, -0.25) is 14.5 Å². The lowest BCUT2D eigenvalue weighted by molar-refractivity contribution is -0.133. The van der Waals surface area contributed by atoms with Crippen LogP contribution in [0, 0.1) is 6.92 Å². The SMILES string of the molecule is COc1ccc(C2CCCN2C(=O)CN(C)CC(=O)Nc2cccc(C)n2)c(OC)c1. The molecule has 8 nitrogen and oxygen atoms in total. The molecule has 0 spiro atoms. The Labute approximate surface area is 183 Å². The number of nitrogens with one attached hydrogen (secondary N) is 1. The Morgan fingerprint density at radius 1 is 1.19 bits per heavy atom. The Morgan fingerprint density at radius 2 is 2.00 bits per heavy atom. The van der Waals surface area contributed by atoms with Gasteiger partial charge in [0.05, 0.1) is 33.4 Å². The smallest absolute Gasteiger partial charge is 0.239 e. The van der Waals surface area contributed by atoms with Gasteiger partial charge in [0.25, 0.3) is 0 Å². The average Bonchev–Trinajstić information content (AvgIpc) is 3.22. The van der Waals surface area contributed by atoms with Gasteiger partial charge in [-0.2, -0.15) is 0 Å². The molecule has 1 aromatic heterocycles. The molecule has 0 bridgehead atoms.